The summed E-state index contributed by atoms with van der Waals surface area (Å²) in [5, 5.41) is 14.0. The van der Waals surface area contributed by atoms with E-state index in [9.17, 15) is 24.0 Å². The number of amides is 4. The molecule has 4 amide bonds. The molecule has 2 aliphatic heterocycles. The molecular formula is C30H31Cl2N9O6S4. The first-order chi connectivity index (χ1) is 23.7. The number of nitrogens with one attached hydrogen (secondary N) is 3. The van der Waals surface area contributed by atoms with Crippen LogP contribution in [0.1, 0.15) is 29.0 Å². The number of hydrogen-bond donors (Lipinski definition) is 5. The molecule has 0 radical (unpaired) electrons. The third kappa shape index (κ3) is 8.74. The zero-order chi connectivity index (χ0) is 34.5. The van der Waals surface area contributed by atoms with Crippen LogP contribution in [0.25, 0.3) is 0 Å². The fraction of sp³-hybridized carbons (Fsp3) is 0.267. The van der Waals surface area contributed by atoms with Crippen molar-refractivity contribution in [3.8, 4) is 0 Å². The van der Waals surface area contributed by atoms with Crippen LogP contribution >= 0.6 is 71.0 Å². The summed E-state index contributed by atoms with van der Waals surface area (Å²) in [5.74, 6) is 1.57. The summed E-state index contributed by atoms with van der Waals surface area (Å²) >= 11 is 5.07. The molecule has 7 N–H and O–H groups in total. The minimum absolute atomic E-state index is 0. The van der Waals surface area contributed by atoms with Gasteiger partial charge in [0.2, 0.25) is 11.8 Å². The van der Waals surface area contributed by atoms with Crippen LogP contribution in [-0.4, -0.2) is 79.1 Å². The summed E-state index contributed by atoms with van der Waals surface area (Å²) in [7, 11) is 0. The van der Waals surface area contributed by atoms with Gasteiger partial charge in [0.25, 0.3) is 0 Å². The minimum Gasteiger partial charge on any atom is -0.452 e. The number of nitrogens with two attached hydrogens (primary N) is 2. The van der Waals surface area contributed by atoms with E-state index < -0.39 is 58.6 Å². The van der Waals surface area contributed by atoms with Crippen LogP contribution in [-0.2, 0) is 28.7 Å². The number of thioether (sulfide) groups is 2. The van der Waals surface area contributed by atoms with E-state index >= 15 is 0 Å². The lowest BCUT2D eigenvalue weighted by molar-refractivity contribution is -0.164. The number of rotatable bonds is 11. The number of thiazole rings is 1. The molecule has 0 bridgehead atoms. The maximum absolute atomic E-state index is 14.3. The predicted octanol–water partition coefficient (Wildman–Crippen LogP) is 2.08. The number of nitrogens with zero attached hydrogens (tertiary/aromatic N) is 4. The van der Waals surface area contributed by atoms with E-state index in [-0.39, 0.29) is 53.7 Å². The van der Waals surface area contributed by atoms with E-state index in [2.05, 4.69) is 25.8 Å². The largest absolute Gasteiger partial charge is 0.452 e. The smallest absolute Gasteiger partial charge is 0.323 e. The molecule has 2 aliphatic rings. The topological polar surface area (TPSA) is 225 Å². The van der Waals surface area contributed by atoms with Gasteiger partial charge >= 0.3 is 17.8 Å². The van der Waals surface area contributed by atoms with Gasteiger partial charge in [-0.3, -0.25) is 29.4 Å². The SMILES string of the molecule is Cl.Cl.NNC(=O)C(=O)NC(C(=O)NC1C(=O)N2CC(CSc3nncs3)(C(=O)OC(c3ccccc3)c3ccccc3)CS[C@H]12)c1csc(N)n1. The van der Waals surface area contributed by atoms with Crippen molar-refractivity contribution in [2.24, 2.45) is 11.3 Å². The van der Waals surface area contributed by atoms with E-state index in [1.165, 1.54) is 45.1 Å². The van der Waals surface area contributed by atoms with Gasteiger partial charge in [-0.25, -0.2) is 10.8 Å². The van der Waals surface area contributed by atoms with Crippen LogP contribution in [0.3, 0.4) is 0 Å². The fourth-order valence-corrected chi connectivity index (χ4v) is 9.27. The Morgan fingerprint density at radius 3 is 2.25 bits per heavy atom. The Morgan fingerprint density at radius 2 is 1.69 bits per heavy atom. The number of halogens is 2. The van der Waals surface area contributed by atoms with Gasteiger partial charge in [-0.15, -0.1) is 58.1 Å². The van der Waals surface area contributed by atoms with E-state index in [4.69, 9.17) is 16.3 Å². The lowest BCUT2D eigenvalue weighted by Crippen LogP contribution is -2.74. The first-order valence-corrected chi connectivity index (χ1v) is 18.4. The number of esters is 1. The number of anilines is 1. The van der Waals surface area contributed by atoms with E-state index in [0.29, 0.717) is 4.34 Å². The van der Waals surface area contributed by atoms with Gasteiger partial charge in [0.1, 0.15) is 22.3 Å². The van der Waals surface area contributed by atoms with Gasteiger partial charge < -0.3 is 26.0 Å². The molecule has 0 saturated carbocycles. The zero-order valence-corrected chi connectivity index (χ0v) is 31.1. The normalized spacial score (nSPS) is 19.6. The number of β-lactam (4-membered cyclic amide) rings is 1. The van der Waals surface area contributed by atoms with Crippen molar-refractivity contribution in [3.63, 3.8) is 0 Å². The Balaban J connectivity index is 0.00000292. The van der Waals surface area contributed by atoms with Gasteiger partial charge in [0.15, 0.2) is 21.6 Å². The second-order valence-corrected chi connectivity index (χ2v) is 15.1. The monoisotopic (exact) mass is 811 g/mol. The van der Waals surface area contributed by atoms with Crippen LogP contribution < -0.4 is 27.6 Å². The van der Waals surface area contributed by atoms with E-state index in [1.807, 2.05) is 60.7 Å². The van der Waals surface area contributed by atoms with Crippen LogP contribution in [0.4, 0.5) is 5.13 Å². The third-order valence-electron chi connectivity index (χ3n) is 7.83. The number of carbonyl (C=O) groups is 5. The van der Waals surface area contributed by atoms with Crippen molar-refractivity contribution in [2.45, 2.75) is 27.9 Å². The van der Waals surface area contributed by atoms with Crippen LogP contribution in [0.2, 0.25) is 0 Å². The van der Waals surface area contributed by atoms with Gasteiger partial charge in [-0.05, 0) is 11.1 Å². The number of hydrazine groups is 1. The number of fused-ring (bicyclic) bond motifs is 1. The average molecular weight is 813 g/mol. The van der Waals surface area contributed by atoms with Gasteiger partial charge in [0, 0.05) is 23.4 Å². The molecule has 2 fully saturated rings. The minimum atomic E-state index is -1.43. The molecule has 15 nitrogen and oxygen atoms in total. The number of aromatic nitrogens is 3. The Morgan fingerprint density at radius 1 is 1.02 bits per heavy atom. The van der Waals surface area contributed by atoms with Crippen LogP contribution in [0, 0.1) is 5.41 Å². The maximum atomic E-state index is 14.3. The van der Waals surface area contributed by atoms with Gasteiger partial charge in [0.05, 0.1) is 5.69 Å². The first-order valence-electron chi connectivity index (χ1n) is 14.6. The standard InChI is InChI=1S/C30H29N9O6S4.2ClH/c31-28-34-18(11-46-28)19(35-23(41)24(42)37-32)22(40)36-20-25(43)39-12-30(13-47-26(20)39,14-48-29-38-33-15-49-29)27(44)45-21(16-7-3-1-4-8-16)17-9-5-2-6-10-17;;/h1-11,15,19-21,26H,12-14,32H2,(H2,31,34)(H,35,41)(H,36,40)(H,37,42);2*1H/t19?,20?,26-,30?;;/m1../s1. The second-order valence-electron chi connectivity index (χ2n) is 11.0. The molecule has 2 aromatic heterocycles. The molecule has 270 valence electrons. The lowest BCUT2D eigenvalue weighted by atomic mass is 9.88. The molecule has 21 heteroatoms. The zero-order valence-electron chi connectivity index (χ0n) is 26.2. The highest BCUT2D eigenvalue weighted by atomic mass is 35.5. The molecule has 0 aliphatic carbocycles. The molecule has 3 unspecified atom stereocenters. The molecule has 2 saturated heterocycles. The highest BCUT2D eigenvalue weighted by Crippen LogP contribution is 2.46. The number of benzene rings is 2. The first kappa shape index (κ1) is 39.8. The molecule has 51 heavy (non-hydrogen) atoms. The highest BCUT2D eigenvalue weighted by Gasteiger charge is 2.58. The quantitative estimate of drug-likeness (QED) is 0.0279. The molecule has 4 aromatic rings. The summed E-state index contributed by atoms with van der Waals surface area (Å²) in [5.41, 5.74) is 9.59. The summed E-state index contributed by atoms with van der Waals surface area (Å²) < 4.78 is 6.98. The molecule has 0 spiro atoms. The molecule has 4 heterocycles. The highest BCUT2D eigenvalue weighted by molar-refractivity contribution is 8.01. The molecule has 6 rings (SSSR count). The average Bonchev–Trinajstić information content (AvgIpc) is 3.82. The Labute approximate surface area is 320 Å². The number of carbonyl (C=O) groups excluding carboxylic acids is 5. The van der Waals surface area contributed by atoms with E-state index in [0.717, 1.165) is 22.5 Å². The summed E-state index contributed by atoms with van der Waals surface area (Å²) in [4.78, 5) is 71.0. The number of nitrogen functional groups attached to an aromatic ring is 1. The number of ether oxygens (including phenoxy) is 1. The van der Waals surface area contributed by atoms with Crippen molar-refractivity contribution in [1.82, 2.24) is 36.1 Å². The molecule has 2 aromatic carbocycles. The second kappa shape index (κ2) is 17.5. The molecular weight excluding hydrogens is 782 g/mol. The van der Waals surface area contributed by atoms with Crippen molar-refractivity contribution in [2.75, 3.05) is 23.8 Å². The summed E-state index contributed by atoms with van der Waals surface area (Å²) in [6, 6.07) is 16.4. The van der Waals surface area contributed by atoms with Crippen molar-refractivity contribution in [1.29, 1.82) is 0 Å². The van der Waals surface area contributed by atoms with Crippen LogP contribution in [0.15, 0.2) is 75.9 Å². The Hall–Kier alpha value is -3.98. The van der Waals surface area contributed by atoms with E-state index in [1.54, 1.807) is 10.9 Å². The van der Waals surface area contributed by atoms with Gasteiger partial charge in [-0.2, -0.15) is 0 Å². The summed E-state index contributed by atoms with van der Waals surface area (Å²) in [6.45, 7) is 0.0380. The molecule has 4 atom stereocenters. The summed E-state index contributed by atoms with van der Waals surface area (Å²) in [6.07, 6.45) is -0.687. The fourth-order valence-electron chi connectivity index (χ4n) is 5.35. The van der Waals surface area contributed by atoms with Crippen molar-refractivity contribution in [3.05, 3.63) is 88.4 Å². The lowest BCUT2D eigenvalue weighted by Gasteiger charge is -2.54. The van der Waals surface area contributed by atoms with Crippen molar-refractivity contribution >= 4 is 106 Å². The van der Waals surface area contributed by atoms with Crippen molar-refractivity contribution < 1.29 is 28.7 Å². The maximum Gasteiger partial charge on any atom is 0.323 e. The number of hydrogen-bond acceptors (Lipinski definition) is 15. The predicted molar refractivity (Wildman–Crippen MR) is 198 cm³/mol. The Kier molecular flexibility index (Phi) is 13.7. The van der Waals surface area contributed by atoms with Crippen LogP contribution in [0.5, 0.6) is 0 Å². The van der Waals surface area contributed by atoms with Gasteiger partial charge in [-0.1, -0.05) is 83.8 Å². The third-order valence-corrected chi connectivity index (χ3v) is 12.3. The Bertz CT molecular complexity index is 1800.